The molecule has 0 unspecified atom stereocenters. The van der Waals surface area contributed by atoms with Crippen LogP contribution in [0.3, 0.4) is 0 Å². The van der Waals surface area contributed by atoms with Crippen LogP contribution in [0.15, 0.2) is 35.3 Å². The molecule has 0 N–H and O–H groups in total. The number of carbonyl (C=O) groups is 1. The van der Waals surface area contributed by atoms with E-state index < -0.39 is 0 Å². The van der Waals surface area contributed by atoms with Crippen molar-refractivity contribution < 1.29 is 9.53 Å². The molecular weight excluding hydrogens is 344 g/mol. The van der Waals surface area contributed by atoms with Crippen LogP contribution in [-0.2, 0) is 11.3 Å². The fourth-order valence-electron chi connectivity index (χ4n) is 2.83. The minimum atomic E-state index is -0.209. The van der Waals surface area contributed by atoms with Gasteiger partial charge in [0.25, 0.3) is 5.91 Å². The number of aromatic nitrogens is 1. The molecule has 3 rings (SSSR count). The van der Waals surface area contributed by atoms with Gasteiger partial charge in [-0.2, -0.15) is 4.99 Å². The molecule has 1 amide bonds. The molecule has 5 heteroatoms. The van der Waals surface area contributed by atoms with E-state index in [1.165, 1.54) is 16.7 Å². The molecule has 0 atom stereocenters. The predicted molar refractivity (Wildman–Crippen MR) is 107 cm³/mol. The molecule has 0 saturated carbocycles. The molecule has 4 nitrogen and oxygen atoms in total. The van der Waals surface area contributed by atoms with Crippen molar-refractivity contribution in [3.05, 3.63) is 63.0 Å². The molecule has 0 spiro atoms. The van der Waals surface area contributed by atoms with Gasteiger partial charge in [0, 0.05) is 19.2 Å². The number of ether oxygens (including phenoxy) is 1. The summed E-state index contributed by atoms with van der Waals surface area (Å²) in [4.78, 5) is 17.9. The minimum absolute atomic E-state index is 0.209. The number of nitrogens with zero attached hydrogens (tertiary/aromatic N) is 2. The van der Waals surface area contributed by atoms with Crippen LogP contribution in [-0.4, -0.2) is 24.2 Å². The summed E-state index contributed by atoms with van der Waals surface area (Å²) in [6.45, 7) is 9.49. The van der Waals surface area contributed by atoms with Crippen molar-refractivity contribution in [3.63, 3.8) is 0 Å². The van der Waals surface area contributed by atoms with Crippen LogP contribution >= 0.6 is 11.3 Å². The Kier molecular flexibility index (Phi) is 5.39. The Morgan fingerprint density at radius 2 is 1.73 bits per heavy atom. The maximum absolute atomic E-state index is 12.7. The maximum Gasteiger partial charge on any atom is 0.279 e. The summed E-state index contributed by atoms with van der Waals surface area (Å²) in [7, 11) is 1.68. The van der Waals surface area contributed by atoms with E-state index in [2.05, 4.69) is 35.5 Å². The molecule has 136 valence electrons. The predicted octanol–water partition coefficient (Wildman–Crippen LogP) is 4.32. The Bertz CT molecular complexity index is 1040. The lowest BCUT2D eigenvalue weighted by molar-refractivity contribution is 0.0997. The summed E-state index contributed by atoms with van der Waals surface area (Å²) < 4.78 is 8.46. The fourth-order valence-corrected chi connectivity index (χ4v) is 3.97. The van der Waals surface area contributed by atoms with Crippen LogP contribution in [0.2, 0.25) is 0 Å². The number of aryl methyl sites for hydroxylation is 4. The van der Waals surface area contributed by atoms with Crippen LogP contribution in [0.25, 0.3) is 10.2 Å². The van der Waals surface area contributed by atoms with Crippen molar-refractivity contribution in [1.29, 1.82) is 0 Å². The van der Waals surface area contributed by atoms with Gasteiger partial charge in [-0.3, -0.25) is 4.79 Å². The molecule has 1 aromatic heterocycles. The average Bonchev–Trinajstić information content (AvgIpc) is 2.92. The van der Waals surface area contributed by atoms with Gasteiger partial charge in [-0.1, -0.05) is 17.4 Å². The van der Waals surface area contributed by atoms with Crippen LogP contribution in [0.1, 0.15) is 32.6 Å². The van der Waals surface area contributed by atoms with E-state index in [4.69, 9.17) is 4.74 Å². The van der Waals surface area contributed by atoms with E-state index in [9.17, 15) is 4.79 Å². The normalized spacial score (nSPS) is 12.1. The number of rotatable bonds is 4. The first-order valence-corrected chi connectivity index (χ1v) is 9.48. The third-order valence-electron chi connectivity index (χ3n) is 4.77. The average molecular weight is 369 g/mol. The first-order valence-electron chi connectivity index (χ1n) is 8.66. The standard InChI is InChI=1S/C21H24N2O2S/c1-13-6-7-17(10-14(13)2)20(24)22-21-23(8-9-25-5)18-11-15(3)16(4)12-19(18)26-21/h6-7,10-12H,8-9H2,1-5H3. The number of carbonyl (C=O) groups excluding carboxylic acids is 1. The number of thiazole rings is 1. The van der Waals surface area contributed by atoms with Crippen LogP contribution in [0, 0.1) is 27.7 Å². The fraction of sp³-hybridized carbons (Fsp3) is 0.333. The highest BCUT2D eigenvalue weighted by molar-refractivity contribution is 7.16. The molecular formula is C21H24N2O2S. The van der Waals surface area contributed by atoms with E-state index in [0.717, 1.165) is 15.8 Å². The smallest absolute Gasteiger partial charge is 0.279 e. The maximum atomic E-state index is 12.7. The monoisotopic (exact) mass is 368 g/mol. The highest BCUT2D eigenvalue weighted by Gasteiger charge is 2.11. The van der Waals surface area contributed by atoms with Crippen LogP contribution in [0.5, 0.6) is 0 Å². The van der Waals surface area contributed by atoms with Gasteiger partial charge in [-0.15, -0.1) is 0 Å². The second-order valence-electron chi connectivity index (χ2n) is 6.65. The van der Waals surface area contributed by atoms with E-state index in [0.29, 0.717) is 23.5 Å². The highest BCUT2D eigenvalue weighted by Crippen LogP contribution is 2.22. The van der Waals surface area contributed by atoms with E-state index in [1.807, 2.05) is 32.0 Å². The van der Waals surface area contributed by atoms with Gasteiger partial charge in [0.05, 0.1) is 16.8 Å². The molecule has 0 bridgehead atoms. The van der Waals surface area contributed by atoms with Gasteiger partial charge < -0.3 is 9.30 Å². The quantitative estimate of drug-likeness (QED) is 0.688. The Balaban J connectivity index is 2.13. The molecule has 3 aromatic rings. The van der Waals surface area contributed by atoms with Gasteiger partial charge >= 0.3 is 0 Å². The lowest BCUT2D eigenvalue weighted by Crippen LogP contribution is -2.19. The topological polar surface area (TPSA) is 43.6 Å². The highest BCUT2D eigenvalue weighted by atomic mass is 32.1. The van der Waals surface area contributed by atoms with Crippen molar-refractivity contribution in [2.75, 3.05) is 13.7 Å². The molecule has 0 aliphatic carbocycles. The van der Waals surface area contributed by atoms with E-state index >= 15 is 0 Å². The Morgan fingerprint density at radius 1 is 1.04 bits per heavy atom. The summed E-state index contributed by atoms with van der Waals surface area (Å²) in [6, 6.07) is 10.0. The summed E-state index contributed by atoms with van der Waals surface area (Å²) in [6.07, 6.45) is 0. The largest absolute Gasteiger partial charge is 0.383 e. The van der Waals surface area contributed by atoms with Gasteiger partial charge in [0.15, 0.2) is 4.80 Å². The summed E-state index contributed by atoms with van der Waals surface area (Å²) >= 11 is 1.55. The number of benzene rings is 2. The lowest BCUT2D eigenvalue weighted by Gasteiger charge is -2.06. The second kappa shape index (κ2) is 7.56. The van der Waals surface area contributed by atoms with Crippen LogP contribution in [0.4, 0.5) is 0 Å². The lowest BCUT2D eigenvalue weighted by atomic mass is 10.1. The van der Waals surface area contributed by atoms with Crippen molar-refractivity contribution >= 4 is 27.5 Å². The van der Waals surface area contributed by atoms with Crippen molar-refractivity contribution in [3.8, 4) is 0 Å². The molecule has 1 heterocycles. The third-order valence-corrected chi connectivity index (χ3v) is 5.81. The third kappa shape index (κ3) is 3.64. The Morgan fingerprint density at radius 3 is 2.42 bits per heavy atom. The molecule has 0 saturated heterocycles. The molecule has 0 aliphatic heterocycles. The Hall–Kier alpha value is -2.24. The zero-order valence-corrected chi connectivity index (χ0v) is 16.7. The number of amides is 1. The molecule has 0 fully saturated rings. The van der Waals surface area contributed by atoms with Crippen molar-refractivity contribution in [2.24, 2.45) is 4.99 Å². The number of methoxy groups -OCH3 is 1. The first kappa shape index (κ1) is 18.5. The van der Waals surface area contributed by atoms with Gasteiger partial charge in [-0.05, 0) is 74.2 Å². The zero-order valence-electron chi connectivity index (χ0n) is 15.9. The van der Waals surface area contributed by atoms with E-state index in [1.54, 1.807) is 18.4 Å². The summed E-state index contributed by atoms with van der Waals surface area (Å²) in [5, 5.41) is 0. The zero-order chi connectivity index (χ0) is 18.8. The number of fused-ring (bicyclic) bond motifs is 1. The van der Waals surface area contributed by atoms with Gasteiger partial charge in [0.2, 0.25) is 0 Å². The number of hydrogen-bond acceptors (Lipinski definition) is 3. The Labute approximate surface area is 157 Å². The molecule has 2 aromatic carbocycles. The summed E-state index contributed by atoms with van der Waals surface area (Å²) in [5.74, 6) is -0.209. The minimum Gasteiger partial charge on any atom is -0.383 e. The SMILES string of the molecule is COCCn1c(=NC(=O)c2ccc(C)c(C)c2)sc2cc(C)c(C)cc21. The van der Waals surface area contributed by atoms with Gasteiger partial charge in [0.1, 0.15) is 0 Å². The van der Waals surface area contributed by atoms with Crippen molar-refractivity contribution in [2.45, 2.75) is 34.2 Å². The number of hydrogen-bond donors (Lipinski definition) is 0. The van der Waals surface area contributed by atoms with Crippen LogP contribution < -0.4 is 4.80 Å². The first-order chi connectivity index (χ1) is 12.4. The second-order valence-corrected chi connectivity index (χ2v) is 7.66. The summed E-state index contributed by atoms with van der Waals surface area (Å²) in [5.41, 5.74) is 6.46. The van der Waals surface area contributed by atoms with Gasteiger partial charge in [-0.25, -0.2) is 0 Å². The van der Waals surface area contributed by atoms with E-state index in [-0.39, 0.29) is 5.91 Å². The van der Waals surface area contributed by atoms with Crippen molar-refractivity contribution in [1.82, 2.24) is 4.57 Å². The molecule has 0 aliphatic rings. The molecule has 0 radical (unpaired) electrons. The molecule has 26 heavy (non-hydrogen) atoms.